The molecule has 16 heavy (non-hydrogen) atoms. The largest absolute Gasteiger partial charge is 0.478 e. The Morgan fingerprint density at radius 3 is 2.88 bits per heavy atom. The van der Waals surface area contributed by atoms with Gasteiger partial charge in [0, 0.05) is 0 Å². The number of ether oxygens (including phenoxy) is 1. The van der Waals surface area contributed by atoms with Crippen molar-refractivity contribution in [2.75, 3.05) is 0 Å². The summed E-state index contributed by atoms with van der Waals surface area (Å²) in [5.41, 5.74) is 1.58. The van der Waals surface area contributed by atoms with Gasteiger partial charge in [-0.2, -0.15) is 8.78 Å². The van der Waals surface area contributed by atoms with Gasteiger partial charge in [-0.15, -0.1) is 11.3 Å². The highest BCUT2D eigenvalue weighted by atomic mass is 32.1. The molecule has 4 nitrogen and oxygen atoms in total. The zero-order valence-electron chi connectivity index (χ0n) is 7.68. The van der Waals surface area contributed by atoms with Crippen LogP contribution >= 0.6 is 11.3 Å². The number of fused-ring (bicyclic) bond motifs is 1. The van der Waals surface area contributed by atoms with Crippen LogP contribution in [0, 0.1) is 0 Å². The number of nitrogens with zero attached hydrogens (tertiary/aromatic N) is 1. The number of hydrogen-bond donors (Lipinski definition) is 1. The van der Waals surface area contributed by atoms with Gasteiger partial charge in [-0.25, -0.2) is 9.78 Å². The van der Waals surface area contributed by atoms with Gasteiger partial charge >= 0.3 is 12.6 Å². The minimum Gasteiger partial charge on any atom is -0.478 e. The van der Waals surface area contributed by atoms with Crippen molar-refractivity contribution >= 4 is 27.5 Å². The number of benzene rings is 1. The van der Waals surface area contributed by atoms with Crippen molar-refractivity contribution < 1.29 is 23.4 Å². The zero-order chi connectivity index (χ0) is 11.7. The van der Waals surface area contributed by atoms with Crippen molar-refractivity contribution in [1.82, 2.24) is 4.98 Å². The highest BCUT2D eigenvalue weighted by molar-refractivity contribution is 7.16. The van der Waals surface area contributed by atoms with Gasteiger partial charge in [0.25, 0.3) is 0 Å². The lowest BCUT2D eigenvalue weighted by Crippen LogP contribution is -2.04. The zero-order valence-corrected chi connectivity index (χ0v) is 8.50. The molecule has 0 radical (unpaired) electrons. The number of alkyl halides is 2. The molecule has 1 heterocycles. The van der Waals surface area contributed by atoms with Gasteiger partial charge in [0.2, 0.25) is 0 Å². The number of halogens is 2. The number of hydrogen-bond acceptors (Lipinski definition) is 4. The highest BCUT2D eigenvalue weighted by Gasteiger charge is 2.15. The lowest BCUT2D eigenvalue weighted by Gasteiger charge is -2.05. The van der Waals surface area contributed by atoms with Crippen molar-refractivity contribution in [3.63, 3.8) is 0 Å². The minimum absolute atomic E-state index is 0.104. The Kier molecular flexibility index (Phi) is 2.69. The highest BCUT2D eigenvalue weighted by Crippen LogP contribution is 2.30. The molecule has 0 bridgehead atoms. The first-order valence-corrected chi connectivity index (χ1v) is 5.01. The van der Waals surface area contributed by atoms with E-state index in [0.29, 0.717) is 4.70 Å². The number of carboxylic acids is 1. The topological polar surface area (TPSA) is 59.4 Å². The van der Waals surface area contributed by atoms with Crippen LogP contribution in [-0.2, 0) is 0 Å². The fourth-order valence-corrected chi connectivity index (χ4v) is 1.98. The molecule has 0 atom stereocenters. The maximum Gasteiger partial charge on any atom is 0.387 e. The first-order valence-electron chi connectivity index (χ1n) is 4.13. The number of carboxylic acid groups (broad SMARTS) is 1. The summed E-state index contributed by atoms with van der Waals surface area (Å²) in [4.78, 5) is 14.6. The fourth-order valence-electron chi connectivity index (χ4n) is 1.24. The Labute approximate surface area is 92.1 Å². The van der Waals surface area contributed by atoms with Crippen LogP contribution in [0.5, 0.6) is 5.75 Å². The van der Waals surface area contributed by atoms with E-state index < -0.39 is 12.6 Å². The van der Waals surface area contributed by atoms with Crippen LogP contribution < -0.4 is 4.74 Å². The molecule has 7 heteroatoms. The van der Waals surface area contributed by atoms with Crippen molar-refractivity contribution in [2.45, 2.75) is 6.61 Å². The SMILES string of the molecule is O=C(O)c1cc(OC(F)F)c2ncsc2c1. The van der Waals surface area contributed by atoms with Gasteiger partial charge in [-0.05, 0) is 12.1 Å². The molecule has 0 fully saturated rings. The van der Waals surface area contributed by atoms with E-state index in [1.807, 2.05) is 0 Å². The van der Waals surface area contributed by atoms with Crippen molar-refractivity contribution in [3.05, 3.63) is 23.2 Å². The molecule has 0 aliphatic rings. The molecule has 2 aromatic rings. The van der Waals surface area contributed by atoms with Gasteiger partial charge in [-0.3, -0.25) is 0 Å². The molecule has 0 saturated heterocycles. The second-order valence-electron chi connectivity index (χ2n) is 2.86. The lowest BCUT2D eigenvalue weighted by atomic mass is 10.2. The van der Waals surface area contributed by atoms with Crippen molar-refractivity contribution in [1.29, 1.82) is 0 Å². The van der Waals surface area contributed by atoms with E-state index in [2.05, 4.69) is 9.72 Å². The van der Waals surface area contributed by atoms with E-state index in [0.717, 1.165) is 17.4 Å². The standard InChI is InChI=1S/C9H5F2NO3S/c10-9(11)15-5-1-4(8(13)14)2-6-7(5)12-3-16-6/h1-3,9H,(H,13,14). The Bertz CT molecular complexity index is 541. The first-order chi connectivity index (χ1) is 7.58. The molecular formula is C9H5F2NO3S. The predicted octanol–water partition coefficient (Wildman–Crippen LogP) is 2.60. The van der Waals surface area contributed by atoms with Gasteiger partial charge in [-0.1, -0.05) is 0 Å². The second kappa shape index (κ2) is 4.01. The summed E-state index contributed by atoms with van der Waals surface area (Å²) in [6, 6.07) is 2.41. The normalized spacial score (nSPS) is 10.9. The molecule has 0 spiro atoms. The van der Waals surface area contributed by atoms with E-state index in [1.165, 1.54) is 11.6 Å². The van der Waals surface area contributed by atoms with Crippen LogP contribution in [-0.4, -0.2) is 22.7 Å². The summed E-state index contributed by atoms with van der Waals surface area (Å²) >= 11 is 1.16. The number of aromatic carboxylic acids is 1. The lowest BCUT2D eigenvalue weighted by molar-refractivity contribution is -0.0489. The summed E-state index contributed by atoms with van der Waals surface area (Å²) in [5.74, 6) is -1.42. The number of carbonyl (C=O) groups is 1. The second-order valence-corrected chi connectivity index (χ2v) is 3.74. The molecule has 1 aromatic carbocycles. The summed E-state index contributed by atoms with van der Waals surface area (Å²) in [6.45, 7) is -3.01. The van der Waals surface area contributed by atoms with Crippen LogP contribution in [0.3, 0.4) is 0 Å². The Morgan fingerprint density at radius 2 is 2.25 bits per heavy atom. The molecule has 0 unspecified atom stereocenters. The quantitative estimate of drug-likeness (QED) is 0.902. The Hall–Kier alpha value is -1.76. The molecule has 2 rings (SSSR count). The molecule has 84 valence electrons. The Morgan fingerprint density at radius 1 is 1.50 bits per heavy atom. The number of rotatable bonds is 3. The van der Waals surface area contributed by atoms with E-state index in [-0.39, 0.29) is 16.8 Å². The van der Waals surface area contributed by atoms with Crippen LogP contribution in [0.2, 0.25) is 0 Å². The number of aromatic nitrogens is 1. The molecule has 1 N–H and O–H groups in total. The minimum atomic E-state index is -3.01. The summed E-state index contributed by atoms with van der Waals surface area (Å²) in [6.07, 6.45) is 0. The van der Waals surface area contributed by atoms with Crippen LogP contribution in [0.4, 0.5) is 8.78 Å². The third-order valence-corrected chi connectivity index (χ3v) is 2.64. The summed E-state index contributed by atoms with van der Waals surface area (Å²) < 4.78 is 28.9. The molecule has 0 amide bonds. The van der Waals surface area contributed by atoms with Crippen molar-refractivity contribution in [3.8, 4) is 5.75 Å². The van der Waals surface area contributed by atoms with Crippen LogP contribution in [0.25, 0.3) is 10.2 Å². The van der Waals surface area contributed by atoms with Crippen LogP contribution in [0.1, 0.15) is 10.4 Å². The average Bonchev–Trinajstić information content (AvgIpc) is 2.64. The summed E-state index contributed by atoms with van der Waals surface area (Å²) in [7, 11) is 0. The van der Waals surface area contributed by atoms with Gasteiger partial charge in [0.1, 0.15) is 5.52 Å². The Balaban J connectivity index is 2.59. The molecule has 1 aromatic heterocycles. The van der Waals surface area contributed by atoms with E-state index in [9.17, 15) is 13.6 Å². The average molecular weight is 245 g/mol. The van der Waals surface area contributed by atoms with Crippen LogP contribution in [0.15, 0.2) is 17.6 Å². The van der Waals surface area contributed by atoms with Gasteiger partial charge < -0.3 is 9.84 Å². The van der Waals surface area contributed by atoms with E-state index in [4.69, 9.17) is 5.11 Å². The third-order valence-electron chi connectivity index (χ3n) is 1.86. The third kappa shape index (κ3) is 1.94. The number of thiazole rings is 1. The predicted molar refractivity (Wildman–Crippen MR) is 53.2 cm³/mol. The van der Waals surface area contributed by atoms with Gasteiger partial charge in [0.15, 0.2) is 5.75 Å². The first kappa shape index (κ1) is 10.7. The molecular weight excluding hydrogens is 240 g/mol. The maximum absolute atomic E-state index is 12.1. The summed E-state index contributed by atoms with van der Waals surface area (Å²) in [5, 5.41) is 8.78. The van der Waals surface area contributed by atoms with E-state index in [1.54, 1.807) is 0 Å². The molecule has 0 aliphatic heterocycles. The molecule has 0 saturated carbocycles. The van der Waals surface area contributed by atoms with E-state index >= 15 is 0 Å². The fraction of sp³-hybridized carbons (Fsp3) is 0.111. The monoisotopic (exact) mass is 245 g/mol. The molecule has 0 aliphatic carbocycles. The maximum atomic E-state index is 12.1. The van der Waals surface area contributed by atoms with Crippen molar-refractivity contribution in [2.24, 2.45) is 0 Å². The smallest absolute Gasteiger partial charge is 0.387 e. The van der Waals surface area contributed by atoms with Gasteiger partial charge in [0.05, 0.1) is 15.8 Å².